The number of nitrogens with one attached hydrogen (secondary N) is 5. The number of ketones is 1. The summed E-state index contributed by atoms with van der Waals surface area (Å²) in [6.07, 6.45) is 15.9. The maximum absolute atomic E-state index is 14.8. The Bertz CT molecular complexity index is 1380. The average Bonchev–Trinajstić information content (AvgIpc) is 3.43. The summed E-state index contributed by atoms with van der Waals surface area (Å²) in [6, 6.07) is -3.94. The number of amides is 6. The van der Waals surface area contributed by atoms with Gasteiger partial charge in [0.2, 0.25) is 17.6 Å². The molecular weight excluding hydrogens is 664 g/mol. The first-order chi connectivity index (χ1) is 24.8. The second kappa shape index (κ2) is 18.1. The zero-order valence-electron chi connectivity index (χ0n) is 31.5. The van der Waals surface area contributed by atoms with E-state index in [2.05, 4.69) is 52.9 Å². The van der Waals surface area contributed by atoms with Crippen LogP contribution in [0.2, 0.25) is 0 Å². The molecule has 4 rings (SSSR count). The minimum absolute atomic E-state index is 0.0117. The van der Waals surface area contributed by atoms with Gasteiger partial charge in [0.15, 0.2) is 0 Å². The molecule has 52 heavy (non-hydrogen) atoms. The first-order valence-electron chi connectivity index (χ1n) is 19.2. The summed E-state index contributed by atoms with van der Waals surface area (Å²) in [5.41, 5.74) is -0.785. The van der Waals surface area contributed by atoms with E-state index in [1.807, 2.05) is 6.92 Å². The number of hydrogen-bond donors (Lipinski definition) is 5. The van der Waals surface area contributed by atoms with E-state index in [1.54, 1.807) is 11.8 Å². The summed E-state index contributed by atoms with van der Waals surface area (Å²) in [5, 5.41) is 14.0. The third kappa shape index (κ3) is 9.66. The van der Waals surface area contributed by atoms with Gasteiger partial charge in [-0.15, -0.1) is 18.9 Å². The first kappa shape index (κ1) is 40.7. The number of hydrogen-bond acceptors (Lipinski definition) is 7. The maximum atomic E-state index is 14.8. The van der Waals surface area contributed by atoms with Gasteiger partial charge in [-0.2, -0.15) is 0 Å². The fraction of sp³-hybridized carbons (Fsp3) is 0.744. The van der Waals surface area contributed by atoms with Crippen molar-refractivity contribution in [1.82, 2.24) is 31.5 Å². The SMILES string of the molecule is C#CCCC(NC(=O)[C@@H]1[C@@H]2[C@H](CN1C(=O)[C@@H](NC(=O)N[C@H](COC(=O)NCC)C1CCCCC1)C1(C)CCCCC1)C2(C)C)C(=O)C(=O)NCC=C. The smallest absolute Gasteiger partial charge is 0.407 e. The second-order valence-corrected chi connectivity index (χ2v) is 16.0. The van der Waals surface area contributed by atoms with Crippen LogP contribution in [0.5, 0.6) is 0 Å². The van der Waals surface area contributed by atoms with E-state index in [9.17, 15) is 28.8 Å². The summed E-state index contributed by atoms with van der Waals surface area (Å²) in [5.74, 6) is -0.0416. The highest BCUT2D eigenvalue weighted by molar-refractivity contribution is 6.38. The summed E-state index contributed by atoms with van der Waals surface area (Å²) in [4.78, 5) is 82.4. The molecule has 288 valence electrons. The van der Waals surface area contributed by atoms with Crippen LogP contribution in [0.15, 0.2) is 12.7 Å². The Labute approximate surface area is 308 Å². The van der Waals surface area contributed by atoms with E-state index in [0.29, 0.717) is 13.1 Å². The average molecular weight is 725 g/mol. The van der Waals surface area contributed by atoms with Gasteiger partial charge >= 0.3 is 12.1 Å². The van der Waals surface area contributed by atoms with Crippen LogP contribution in [-0.2, 0) is 23.9 Å². The van der Waals surface area contributed by atoms with Gasteiger partial charge in [-0.3, -0.25) is 19.2 Å². The van der Waals surface area contributed by atoms with Gasteiger partial charge < -0.3 is 36.2 Å². The number of urea groups is 1. The molecule has 6 atom stereocenters. The molecule has 13 heteroatoms. The Morgan fingerprint density at radius 2 is 1.63 bits per heavy atom. The number of likely N-dealkylation sites (tertiary alicyclic amines) is 1. The zero-order chi connectivity index (χ0) is 38.1. The number of ether oxygens (including phenoxy) is 1. The minimum atomic E-state index is -1.17. The molecule has 6 amide bonds. The topological polar surface area (TPSA) is 175 Å². The molecule has 4 aliphatic rings. The largest absolute Gasteiger partial charge is 0.447 e. The van der Waals surface area contributed by atoms with E-state index in [4.69, 9.17) is 11.2 Å². The lowest BCUT2D eigenvalue weighted by molar-refractivity contribution is -0.146. The van der Waals surface area contributed by atoms with Crippen LogP contribution < -0.4 is 26.6 Å². The summed E-state index contributed by atoms with van der Waals surface area (Å²) in [6.45, 7) is 12.4. The fourth-order valence-electron chi connectivity index (χ4n) is 8.86. The van der Waals surface area contributed by atoms with Gasteiger partial charge in [-0.05, 0) is 67.6 Å². The molecule has 1 heterocycles. The summed E-state index contributed by atoms with van der Waals surface area (Å²) < 4.78 is 5.48. The monoisotopic (exact) mass is 724 g/mol. The Morgan fingerprint density at radius 1 is 0.962 bits per heavy atom. The molecule has 4 fully saturated rings. The van der Waals surface area contributed by atoms with E-state index in [0.717, 1.165) is 64.2 Å². The van der Waals surface area contributed by atoms with Crippen molar-refractivity contribution in [3.05, 3.63) is 12.7 Å². The van der Waals surface area contributed by atoms with Gasteiger partial charge in [0.25, 0.3) is 5.91 Å². The lowest BCUT2D eigenvalue weighted by Gasteiger charge is -2.43. The molecule has 0 bridgehead atoms. The van der Waals surface area contributed by atoms with Gasteiger partial charge in [0, 0.05) is 26.1 Å². The Morgan fingerprint density at radius 3 is 2.27 bits per heavy atom. The first-order valence-corrected chi connectivity index (χ1v) is 19.2. The minimum Gasteiger partial charge on any atom is -0.447 e. The quantitative estimate of drug-likeness (QED) is 0.0919. The van der Waals surface area contributed by atoms with Gasteiger partial charge in [0.05, 0.1) is 12.1 Å². The number of carbonyl (C=O) groups excluding carboxylic acids is 6. The molecule has 0 aromatic rings. The number of fused-ring (bicyclic) bond motifs is 1. The zero-order valence-corrected chi connectivity index (χ0v) is 31.5. The molecule has 13 nitrogen and oxygen atoms in total. The number of piperidine rings is 1. The number of alkyl carbamates (subject to hydrolysis) is 1. The number of carbonyl (C=O) groups is 6. The summed E-state index contributed by atoms with van der Waals surface area (Å²) in [7, 11) is 0. The molecule has 1 saturated heterocycles. The van der Waals surface area contributed by atoms with Crippen molar-refractivity contribution in [2.24, 2.45) is 28.6 Å². The van der Waals surface area contributed by atoms with Crippen molar-refractivity contribution in [2.75, 3.05) is 26.2 Å². The van der Waals surface area contributed by atoms with Crippen LogP contribution in [-0.4, -0.2) is 90.9 Å². The van der Waals surface area contributed by atoms with E-state index in [1.165, 1.54) is 6.08 Å². The molecule has 0 aromatic carbocycles. The lowest BCUT2D eigenvalue weighted by Crippen LogP contribution is -2.63. The van der Waals surface area contributed by atoms with Gasteiger partial charge in [0.1, 0.15) is 18.7 Å². The van der Waals surface area contributed by atoms with Crippen LogP contribution >= 0.6 is 0 Å². The molecule has 3 aliphatic carbocycles. The second-order valence-electron chi connectivity index (χ2n) is 16.0. The Kier molecular flexibility index (Phi) is 14.2. The molecule has 3 saturated carbocycles. The van der Waals surface area contributed by atoms with Gasteiger partial charge in [-0.1, -0.05) is 65.4 Å². The number of rotatable bonds is 16. The predicted octanol–water partition coefficient (Wildman–Crippen LogP) is 3.57. The van der Waals surface area contributed by atoms with E-state index in [-0.39, 0.29) is 55.1 Å². The molecule has 0 spiro atoms. The van der Waals surface area contributed by atoms with Crippen molar-refractivity contribution in [1.29, 1.82) is 0 Å². The molecule has 1 aliphatic heterocycles. The third-order valence-corrected chi connectivity index (χ3v) is 12.1. The maximum Gasteiger partial charge on any atom is 0.407 e. The van der Waals surface area contributed by atoms with Crippen LogP contribution in [0.4, 0.5) is 9.59 Å². The molecule has 0 aromatic heterocycles. The Balaban J connectivity index is 1.57. The predicted molar refractivity (Wildman–Crippen MR) is 197 cm³/mol. The van der Waals surface area contributed by atoms with Crippen LogP contribution in [0, 0.1) is 40.9 Å². The van der Waals surface area contributed by atoms with Crippen LogP contribution in [0.1, 0.15) is 105 Å². The Hall–Kier alpha value is -4.08. The molecule has 0 radical (unpaired) electrons. The lowest BCUT2D eigenvalue weighted by atomic mass is 9.70. The third-order valence-electron chi connectivity index (χ3n) is 12.1. The van der Waals surface area contributed by atoms with E-state index >= 15 is 0 Å². The highest BCUT2D eigenvalue weighted by atomic mass is 16.5. The normalized spacial score (nSPS) is 24.8. The van der Waals surface area contributed by atoms with Crippen molar-refractivity contribution >= 4 is 35.6 Å². The highest BCUT2D eigenvalue weighted by Gasteiger charge is 2.70. The van der Waals surface area contributed by atoms with Crippen molar-refractivity contribution in [3.8, 4) is 12.3 Å². The molecular formula is C39H60N6O7. The molecule has 5 N–H and O–H groups in total. The van der Waals surface area contributed by atoms with Crippen molar-refractivity contribution in [2.45, 2.75) is 129 Å². The van der Waals surface area contributed by atoms with Crippen molar-refractivity contribution < 1.29 is 33.5 Å². The van der Waals surface area contributed by atoms with Crippen LogP contribution in [0.3, 0.4) is 0 Å². The van der Waals surface area contributed by atoms with Crippen molar-refractivity contribution in [3.63, 3.8) is 0 Å². The van der Waals surface area contributed by atoms with E-state index < -0.39 is 59.3 Å². The van der Waals surface area contributed by atoms with Gasteiger partial charge in [-0.25, -0.2) is 9.59 Å². The fourth-order valence-corrected chi connectivity index (χ4v) is 8.86. The molecule has 1 unspecified atom stereocenters. The number of nitrogens with zero attached hydrogens (tertiary/aromatic N) is 1. The summed E-state index contributed by atoms with van der Waals surface area (Å²) >= 11 is 0. The standard InChI is InChI=1S/C39H60N6O7/c1-7-10-19-27(31(46)34(48)41-22-8-2)42-33(47)30-29-26(38(29,4)5)23-45(30)35(49)32(39(6)20-15-12-16-21-39)44-36(50)43-28(24-52-37(51)40-9-3)25-17-13-11-14-18-25/h1,8,25-30,32H,2,9-24H2,3-6H3,(H,40,51)(H,41,48)(H,42,47)(H2,43,44,50)/t26-,27?,28+,29-,30-,32+/m0/s1. The number of terminal acetylenes is 1. The van der Waals surface area contributed by atoms with Crippen LogP contribution in [0.25, 0.3) is 0 Å². The number of Topliss-reactive ketones (excluding diaryl/α,β-unsaturated/α-hetero) is 1. The highest BCUT2D eigenvalue weighted by Crippen LogP contribution is 2.65.